The van der Waals surface area contributed by atoms with Crippen LogP contribution in [-0.4, -0.2) is 37.3 Å². The van der Waals surface area contributed by atoms with Crippen molar-refractivity contribution in [3.63, 3.8) is 0 Å². The predicted molar refractivity (Wildman–Crippen MR) is 94.8 cm³/mol. The van der Waals surface area contributed by atoms with Crippen LogP contribution in [0.5, 0.6) is 5.75 Å². The molecule has 0 saturated heterocycles. The van der Waals surface area contributed by atoms with Crippen LogP contribution in [0, 0.1) is 0 Å². The first-order chi connectivity index (χ1) is 11.9. The fourth-order valence-electron chi connectivity index (χ4n) is 2.33. The Morgan fingerprint density at radius 3 is 2.48 bits per heavy atom. The quantitative estimate of drug-likeness (QED) is 0.815. The molecular formula is C17H21N3O4S. The zero-order valence-corrected chi connectivity index (χ0v) is 15.2. The number of ether oxygens (including phenoxy) is 1. The fraction of sp³-hybridized carbons (Fsp3) is 0.294. The molecule has 0 aliphatic carbocycles. The number of aromatic nitrogens is 1. The lowest BCUT2D eigenvalue weighted by Gasteiger charge is -2.21. The number of pyridine rings is 1. The second kappa shape index (κ2) is 8.09. The summed E-state index contributed by atoms with van der Waals surface area (Å²) in [6.07, 6.45) is 3.25. The third-order valence-corrected chi connectivity index (χ3v) is 5.50. The number of carbonyl (C=O) groups is 1. The van der Waals surface area contributed by atoms with E-state index in [1.54, 1.807) is 31.5 Å². The SMILES string of the molecule is CCN(Cc1ccncc1)S(=O)(=O)c1ccc(NC(C)=O)c(OC)c1. The Hall–Kier alpha value is -2.45. The number of nitrogens with zero attached hydrogens (tertiary/aromatic N) is 2. The molecule has 1 aromatic carbocycles. The molecule has 0 radical (unpaired) electrons. The van der Waals surface area contributed by atoms with Crippen LogP contribution in [0.3, 0.4) is 0 Å². The van der Waals surface area contributed by atoms with Crippen molar-refractivity contribution in [1.82, 2.24) is 9.29 Å². The van der Waals surface area contributed by atoms with Crippen LogP contribution in [0.4, 0.5) is 5.69 Å². The van der Waals surface area contributed by atoms with Crippen LogP contribution in [0.1, 0.15) is 19.4 Å². The van der Waals surface area contributed by atoms with Crippen molar-refractivity contribution in [2.24, 2.45) is 0 Å². The average molecular weight is 363 g/mol. The van der Waals surface area contributed by atoms with E-state index in [1.807, 2.05) is 0 Å². The van der Waals surface area contributed by atoms with Gasteiger partial charge in [-0.1, -0.05) is 6.92 Å². The van der Waals surface area contributed by atoms with Crippen LogP contribution in [0.25, 0.3) is 0 Å². The standard InChI is InChI=1S/C17H21N3O4S/c1-4-20(12-14-7-9-18-10-8-14)25(22,23)15-5-6-16(19-13(2)21)17(11-15)24-3/h5-11H,4,12H2,1-3H3,(H,19,21). The Bertz CT molecular complexity index is 838. The maximum atomic E-state index is 12.9. The van der Waals surface area contributed by atoms with Crippen LogP contribution < -0.4 is 10.1 Å². The highest BCUT2D eigenvalue weighted by Gasteiger charge is 2.24. The van der Waals surface area contributed by atoms with E-state index in [-0.39, 0.29) is 23.1 Å². The third kappa shape index (κ3) is 4.55. The maximum Gasteiger partial charge on any atom is 0.243 e. The monoisotopic (exact) mass is 363 g/mol. The van der Waals surface area contributed by atoms with Gasteiger partial charge in [-0.25, -0.2) is 8.42 Å². The lowest BCUT2D eigenvalue weighted by molar-refractivity contribution is -0.114. The summed E-state index contributed by atoms with van der Waals surface area (Å²) in [7, 11) is -2.28. The van der Waals surface area contributed by atoms with E-state index in [0.29, 0.717) is 12.2 Å². The van der Waals surface area contributed by atoms with Gasteiger partial charge in [0.15, 0.2) is 0 Å². The molecule has 1 N–H and O–H groups in total. The fourth-order valence-corrected chi connectivity index (χ4v) is 3.79. The molecule has 0 unspecified atom stereocenters. The summed E-state index contributed by atoms with van der Waals surface area (Å²) in [6, 6.07) is 7.94. The molecule has 0 fully saturated rings. The van der Waals surface area contributed by atoms with E-state index in [9.17, 15) is 13.2 Å². The second-order valence-corrected chi connectivity index (χ2v) is 7.27. The van der Waals surface area contributed by atoms with Gasteiger partial charge in [0, 0.05) is 38.5 Å². The summed E-state index contributed by atoms with van der Waals surface area (Å²) in [5, 5.41) is 2.61. The molecule has 7 nitrogen and oxygen atoms in total. The van der Waals surface area contributed by atoms with Crippen molar-refractivity contribution >= 4 is 21.6 Å². The summed E-state index contributed by atoms with van der Waals surface area (Å²) >= 11 is 0. The molecule has 0 aliphatic rings. The molecule has 1 heterocycles. The summed E-state index contributed by atoms with van der Waals surface area (Å²) in [5.41, 5.74) is 1.27. The van der Waals surface area contributed by atoms with Crippen LogP contribution in [0.15, 0.2) is 47.6 Å². The number of hydrogen-bond donors (Lipinski definition) is 1. The number of benzene rings is 1. The number of hydrogen-bond acceptors (Lipinski definition) is 5. The summed E-state index contributed by atoms with van der Waals surface area (Å²) < 4.78 is 32.5. The van der Waals surface area contributed by atoms with Crippen molar-refractivity contribution in [1.29, 1.82) is 0 Å². The zero-order chi connectivity index (χ0) is 18.4. The first-order valence-electron chi connectivity index (χ1n) is 7.73. The Morgan fingerprint density at radius 2 is 1.92 bits per heavy atom. The molecule has 0 aliphatic heterocycles. The molecule has 25 heavy (non-hydrogen) atoms. The number of sulfonamides is 1. The van der Waals surface area contributed by atoms with E-state index in [4.69, 9.17) is 4.74 Å². The molecule has 2 rings (SSSR count). The lowest BCUT2D eigenvalue weighted by Crippen LogP contribution is -2.30. The lowest BCUT2D eigenvalue weighted by atomic mass is 10.3. The maximum absolute atomic E-state index is 12.9. The van der Waals surface area contributed by atoms with Crippen molar-refractivity contribution in [2.45, 2.75) is 25.3 Å². The number of methoxy groups -OCH3 is 1. The highest BCUT2D eigenvalue weighted by atomic mass is 32.2. The van der Waals surface area contributed by atoms with Gasteiger partial charge in [0.05, 0.1) is 17.7 Å². The highest BCUT2D eigenvalue weighted by Crippen LogP contribution is 2.29. The van der Waals surface area contributed by atoms with Crippen LogP contribution >= 0.6 is 0 Å². The number of anilines is 1. The van der Waals surface area contributed by atoms with Crippen LogP contribution in [0.2, 0.25) is 0 Å². The van der Waals surface area contributed by atoms with E-state index >= 15 is 0 Å². The third-order valence-electron chi connectivity index (χ3n) is 3.58. The van der Waals surface area contributed by atoms with Gasteiger partial charge < -0.3 is 10.1 Å². The number of nitrogens with one attached hydrogen (secondary N) is 1. The summed E-state index contributed by atoms with van der Waals surface area (Å²) in [5.74, 6) is 0.0259. The Labute approximate surface area is 147 Å². The molecule has 2 aromatic rings. The number of amides is 1. The first kappa shape index (κ1) is 18.9. The smallest absolute Gasteiger partial charge is 0.243 e. The topological polar surface area (TPSA) is 88.6 Å². The molecule has 0 saturated carbocycles. The molecule has 8 heteroatoms. The molecular weight excluding hydrogens is 342 g/mol. The highest BCUT2D eigenvalue weighted by molar-refractivity contribution is 7.89. The minimum absolute atomic E-state index is 0.106. The van der Waals surface area contributed by atoms with Crippen molar-refractivity contribution in [3.05, 3.63) is 48.3 Å². The van der Waals surface area contributed by atoms with E-state index in [2.05, 4.69) is 10.3 Å². The van der Waals surface area contributed by atoms with Gasteiger partial charge >= 0.3 is 0 Å². The van der Waals surface area contributed by atoms with Gasteiger partial charge in [-0.15, -0.1) is 0 Å². The summed E-state index contributed by atoms with van der Waals surface area (Å²) in [4.78, 5) is 15.3. The Morgan fingerprint density at radius 1 is 1.24 bits per heavy atom. The molecule has 134 valence electrons. The largest absolute Gasteiger partial charge is 0.495 e. The van der Waals surface area contributed by atoms with Crippen molar-refractivity contribution in [3.8, 4) is 5.75 Å². The Kier molecular flexibility index (Phi) is 6.11. The van der Waals surface area contributed by atoms with E-state index in [1.165, 1.54) is 36.5 Å². The number of rotatable bonds is 7. The zero-order valence-electron chi connectivity index (χ0n) is 14.4. The Balaban J connectivity index is 2.35. The second-order valence-electron chi connectivity index (χ2n) is 5.33. The first-order valence-corrected chi connectivity index (χ1v) is 9.17. The molecule has 0 bridgehead atoms. The predicted octanol–water partition coefficient (Wildman–Crippen LogP) is 2.26. The van der Waals surface area contributed by atoms with Gasteiger partial charge in [-0.2, -0.15) is 4.31 Å². The van der Waals surface area contributed by atoms with Crippen LogP contribution in [-0.2, 0) is 21.4 Å². The molecule has 1 amide bonds. The van der Waals surface area contributed by atoms with Crippen molar-refractivity contribution in [2.75, 3.05) is 19.0 Å². The van der Waals surface area contributed by atoms with E-state index in [0.717, 1.165) is 5.56 Å². The molecule has 0 spiro atoms. The van der Waals surface area contributed by atoms with Crippen molar-refractivity contribution < 1.29 is 17.9 Å². The minimum atomic E-state index is -3.71. The summed E-state index contributed by atoms with van der Waals surface area (Å²) in [6.45, 7) is 3.72. The normalized spacial score (nSPS) is 11.4. The van der Waals surface area contributed by atoms with Gasteiger partial charge in [-0.05, 0) is 29.8 Å². The van der Waals surface area contributed by atoms with Gasteiger partial charge in [0.2, 0.25) is 15.9 Å². The number of carbonyl (C=O) groups excluding carboxylic acids is 1. The average Bonchev–Trinajstić information content (AvgIpc) is 2.60. The van der Waals surface area contributed by atoms with Gasteiger partial charge in [0.25, 0.3) is 0 Å². The van der Waals surface area contributed by atoms with Gasteiger partial charge in [-0.3, -0.25) is 9.78 Å². The van der Waals surface area contributed by atoms with Gasteiger partial charge in [0.1, 0.15) is 5.75 Å². The van der Waals surface area contributed by atoms with E-state index < -0.39 is 10.0 Å². The molecule has 1 aromatic heterocycles. The minimum Gasteiger partial charge on any atom is -0.495 e. The molecule has 0 atom stereocenters.